The van der Waals surface area contributed by atoms with Crippen LogP contribution in [0.15, 0.2) is 36.9 Å². The molecule has 1 N–H and O–H groups in total. The number of amides is 1. The second kappa shape index (κ2) is 7.18. The minimum Gasteiger partial charge on any atom is -0.494 e. The third kappa shape index (κ3) is 4.13. The molecule has 1 heterocycles. The molecule has 2 rings (SSSR count). The quantitative estimate of drug-likeness (QED) is 0.786. The highest BCUT2D eigenvalue weighted by Gasteiger charge is 2.10. The van der Waals surface area contributed by atoms with Crippen molar-refractivity contribution in [2.45, 2.75) is 19.9 Å². The van der Waals surface area contributed by atoms with Crippen molar-refractivity contribution in [1.29, 1.82) is 0 Å². The number of carbonyl (C=O) groups is 1. The summed E-state index contributed by atoms with van der Waals surface area (Å²) < 4.78 is 5.49. The fourth-order valence-electron chi connectivity index (χ4n) is 1.61. The minimum atomic E-state index is -0.310. The third-order valence-corrected chi connectivity index (χ3v) is 2.54. The Hall–Kier alpha value is -2.70. The van der Waals surface area contributed by atoms with E-state index in [0.717, 1.165) is 6.42 Å². The van der Waals surface area contributed by atoms with Crippen LogP contribution in [0.4, 0.5) is 5.95 Å². The molecule has 0 fully saturated rings. The van der Waals surface area contributed by atoms with Crippen LogP contribution in [0.3, 0.4) is 0 Å². The van der Waals surface area contributed by atoms with E-state index in [0.29, 0.717) is 24.5 Å². The normalized spacial score (nSPS) is 10.1. The summed E-state index contributed by atoms with van der Waals surface area (Å²) in [4.78, 5) is 13.4. The number of hydrogen-bond acceptors (Lipinski definition) is 5. The zero-order valence-electron chi connectivity index (χ0n) is 11.8. The van der Waals surface area contributed by atoms with Crippen molar-refractivity contribution in [3.05, 3.63) is 42.5 Å². The van der Waals surface area contributed by atoms with Crippen molar-refractivity contribution in [3.8, 4) is 5.75 Å². The SMILES string of the molecule is C=CCn1nnc(NC(=O)c2cccc(OCCC)c2)n1. The Morgan fingerprint density at radius 3 is 3.14 bits per heavy atom. The van der Waals surface area contributed by atoms with Crippen molar-refractivity contribution < 1.29 is 9.53 Å². The maximum Gasteiger partial charge on any atom is 0.270 e. The standard InChI is InChI=1S/C14H17N5O2/c1-3-8-19-17-14(16-18-19)15-13(20)11-6-5-7-12(10-11)21-9-4-2/h3,5-7,10H,1,4,8-9H2,2H3,(H,15,17,20). The van der Waals surface area contributed by atoms with E-state index in [2.05, 4.69) is 27.3 Å². The maximum atomic E-state index is 12.1. The van der Waals surface area contributed by atoms with E-state index in [9.17, 15) is 4.79 Å². The average molecular weight is 287 g/mol. The molecule has 1 aromatic heterocycles. The number of tetrazole rings is 1. The maximum absolute atomic E-state index is 12.1. The van der Waals surface area contributed by atoms with Crippen LogP contribution in [-0.4, -0.2) is 32.7 Å². The van der Waals surface area contributed by atoms with Gasteiger partial charge >= 0.3 is 0 Å². The summed E-state index contributed by atoms with van der Waals surface area (Å²) in [7, 11) is 0. The molecule has 110 valence electrons. The Morgan fingerprint density at radius 2 is 2.38 bits per heavy atom. The first kappa shape index (κ1) is 14.7. The summed E-state index contributed by atoms with van der Waals surface area (Å²) >= 11 is 0. The van der Waals surface area contributed by atoms with Crippen molar-refractivity contribution in [1.82, 2.24) is 20.2 Å². The van der Waals surface area contributed by atoms with Gasteiger partial charge in [-0.3, -0.25) is 10.1 Å². The number of ether oxygens (including phenoxy) is 1. The van der Waals surface area contributed by atoms with Gasteiger partial charge in [0, 0.05) is 5.56 Å². The number of benzene rings is 1. The van der Waals surface area contributed by atoms with Crippen LogP contribution in [0.25, 0.3) is 0 Å². The number of nitrogens with one attached hydrogen (secondary N) is 1. The molecule has 0 aliphatic rings. The number of rotatable bonds is 7. The second-order valence-corrected chi connectivity index (χ2v) is 4.29. The van der Waals surface area contributed by atoms with Gasteiger partial charge < -0.3 is 4.74 Å². The van der Waals surface area contributed by atoms with E-state index >= 15 is 0 Å². The van der Waals surface area contributed by atoms with Gasteiger partial charge in [0.2, 0.25) is 0 Å². The van der Waals surface area contributed by atoms with Crippen LogP contribution < -0.4 is 10.1 Å². The smallest absolute Gasteiger partial charge is 0.270 e. The largest absolute Gasteiger partial charge is 0.494 e. The van der Waals surface area contributed by atoms with Gasteiger partial charge in [-0.1, -0.05) is 24.2 Å². The van der Waals surface area contributed by atoms with Gasteiger partial charge in [0.1, 0.15) is 5.75 Å². The molecule has 0 spiro atoms. The molecule has 0 bridgehead atoms. The average Bonchev–Trinajstić information content (AvgIpc) is 2.93. The molecule has 0 saturated heterocycles. The van der Waals surface area contributed by atoms with E-state index in [-0.39, 0.29) is 11.9 Å². The van der Waals surface area contributed by atoms with Crippen molar-refractivity contribution in [2.24, 2.45) is 0 Å². The van der Waals surface area contributed by atoms with E-state index in [1.54, 1.807) is 24.3 Å². The molecule has 21 heavy (non-hydrogen) atoms. The van der Waals surface area contributed by atoms with Crippen LogP contribution in [0.5, 0.6) is 5.75 Å². The number of allylic oxidation sites excluding steroid dienone is 1. The first-order chi connectivity index (χ1) is 10.2. The zero-order chi connectivity index (χ0) is 15.1. The van der Waals surface area contributed by atoms with E-state index in [1.807, 2.05) is 13.0 Å². The summed E-state index contributed by atoms with van der Waals surface area (Å²) in [5.74, 6) is 0.504. The minimum absolute atomic E-state index is 0.154. The Labute approximate surface area is 122 Å². The summed E-state index contributed by atoms with van der Waals surface area (Å²) in [5.41, 5.74) is 0.476. The van der Waals surface area contributed by atoms with Gasteiger partial charge in [0.05, 0.1) is 13.2 Å². The monoisotopic (exact) mass is 287 g/mol. The first-order valence-corrected chi connectivity index (χ1v) is 6.66. The lowest BCUT2D eigenvalue weighted by Gasteiger charge is -2.06. The molecule has 2 aromatic rings. The Morgan fingerprint density at radius 1 is 1.52 bits per heavy atom. The van der Waals surface area contributed by atoms with Gasteiger partial charge in [0.25, 0.3) is 11.9 Å². The predicted octanol–water partition coefficient (Wildman–Crippen LogP) is 1.90. The topological polar surface area (TPSA) is 81.9 Å². The molecule has 7 heteroatoms. The molecule has 7 nitrogen and oxygen atoms in total. The van der Waals surface area contributed by atoms with Crippen LogP contribution >= 0.6 is 0 Å². The van der Waals surface area contributed by atoms with Crippen LogP contribution in [0.2, 0.25) is 0 Å². The van der Waals surface area contributed by atoms with Crippen molar-refractivity contribution in [3.63, 3.8) is 0 Å². The third-order valence-electron chi connectivity index (χ3n) is 2.54. The Bertz CT molecular complexity index is 623. The molecule has 0 aliphatic heterocycles. The van der Waals surface area contributed by atoms with Crippen LogP contribution in [-0.2, 0) is 6.54 Å². The number of carbonyl (C=O) groups excluding carboxylic acids is 1. The van der Waals surface area contributed by atoms with Crippen molar-refractivity contribution >= 4 is 11.9 Å². The highest BCUT2D eigenvalue weighted by atomic mass is 16.5. The zero-order valence-corrected chi connectivity index (χ0v) is 11.8. The first-order valence-electron chi connectivity index (χ1n) is 6.66. The van der Waals surface area contributed by atoms with E-state index in [1.165, 1.54) is 4.80 Å². The molecule has 0 aliphatic carbocycles. The molecule has 1 amide bonds. The molecule has 0 unspecified atom stereocenters. The lowest BCUT2D eigenvalue weighted by atomic mass is 10.2. The lowest BCUT2D eigenvalue weighted by molar-refractivity contribution is 0.102. The number of anilines is 1. The molecular formula is C14H17N5O2. The molecule has 0 saturated carbocycles. The molecule has 0 radical (unpaired) electrons. The fraction of sp³-hybridized carbons (Fsp3) is 0.286. The lowest BCUT2D eigenvalue weighted by Crippen LogP contribution is -2.13. The van der Waals surface area contributed by atoms with Crippen LogP contribution in [0, 0.1) is 0 Å². The highest BCUT2D eigenvalue weighted by Crippen LogP contribution is 2.14. The number of nitrogens with zero attached hydrogens (tertiary/aromatic N) is 4. The van der Waals surface area contributed by atoms with Crippen LogP contribution in [0.1, 0.15) is 23.7 Å². The summed E-state index contributed by atoms with van der Waals surface area (Å²) in [6, 6.07) is 6.95. The van der Waals surface area contributed by atoms with E-state index < -0.39 is 0 Å². The summed E-state index contributed by atoms with van der Waals surface area (Å²) in [6.45, 7) is 6.65. The highest BCUT2D eigenvalue weighted by molar-refractivity contribution is 6.03. The second-order valence-electron chi connectivity index (χ2n) is 4.29. The Kier molecular flexibility index (Phi) is 5.03. The number of hydrogen-bond donors (Lipinski definition) is 1. The van der Waals surface area contributed by atoms with Gasteiger partial charge in [0.15, 0.2) is 0 Å². The van der Waals surface area contributed by atoms with Gasteiger partial charge in [-0.15, -0.1) is 11.7 Å². The fourth-order valence-corrected chi connectivity index (χ4v) is 1.61. The van der Waals surface area contributed by atoms with Gasteiger partial charge in [-0.05, 0) is 29.8 Å². The molecule has 1 aromatic carbocycles. The molecule has 0 atom stereocenters. The van der Waals surface area contributed by atoms with Gasteiger partial charge in [-0.25, -0.2) is 0 Å². The Balaban J connectivity index is 2.03. The predicted molar refractivity (Wildman–Crippen MR) is 78.2 cm³/mol. The molecular weight excluding hydrogens is 270 g/mol. The van der Waals surface area contributed by atoms with E-state index in [4.69, 9.17) is 4.74 Å². The number of aromatic nitrogens is 4. The summed E-state index contributed by atoms with van der Waals surface area (Å²) in [5, 5.41) is 14.1. The van der Waals surface area contributed by atoms with Gasteiger partial charge in [-0.2, -0.15) is 4.80 Å². The summed E-state index contributed by atoms with van der Waals surface area (Å²) in [6.07, 6.45) is 2.55. The van der Waals surface area contributed by atoms with Crippen molar-refractivity contribution in [2.75, 3.05) is 11.9 Å².